The summed E-state index contributed by atoms with van der Waals surface area (Å²) in [7, 11) is 1.21. The van der Waals surface area contributed by atoms with Crippen LogP contribution in [0.3, 0.4) is 0 Å². The van der Waals surface area contributed by atoms with Gasteiger partial charge in [-0.3, -0.25) is 4.79 Å². The number of benzene rings is 2. The van der Waals surface area contributed by atoms with Crippen LogP contribution >= 0.6 is 0 Å². The Morgan fingerprint density at radius 1 is 1.17 bits per heavy atom. The molecule has 3 rings (SSSR count). The summed E-state index contributed by atoms with van der Waals surface area (Å²) in [5, 5.41) is 11.0. The summed E-state index contributed by atoms with van der Waals surface area (Å²) in [6.07, 6.45) is 0. The van der Waals surface area contributed by atoms with Crippen LogP contribution in [-0.2, 0) is 4.74 Å². The van der Waals surface area contributed by atoms with Crippen LogP contribution in [0.1, 0.15) is 15.9 Å². The monoisotopic (exact) mass is 304 g/mol. The van der Waals surface area contributed by atoms with E-state index in [1.54, 1.807) is 6.07 Å². The number of H-pyrrole nitrogens is 1. The number of esters is 1. The molecule has 0 saturated heterocycles. The van der Waals surface area contributed by atoms with Crippen LogP contribution < -0.4 is 5.56 Å². The highest BCUT2D eigenvalue weighted by molar-refractivity contribution is 5.98. The van der Waals surface area contributed by atoms with Gasteiger partial charge in [0.1, 0.15) is 11.6 Å². The SMILES string of the molecule is COC(=O)c1cc(-c2cccc3ccccc23)[nH]c(=O)c1C#N. The Labute approximate surface area is 131 Å². The number of fused-ring (bicyclic) bond motifs is 1. The van der Waals surface area contributed by atoms with E-state index in [4.69, 9.17) is 5.26 Å². The van der Waals surface area contributed by atoms with Crippen molar-refractivity contribution in [2.75, 3.05) is 7.11 Å². The van der Waals surface area contributed by atoms with Crippen LogP contribution in [0.5, 0.6) is 0 Å². The molecule has 0 fully saturated rings. The molecule has 5 heteroatoms. The zero-order valence-corrected chi connectivity index (χ0v) is 12.3. The minimum absolute atomic E-state index is 0.0401. The maximum absolute atomic E-state index is 12.1. The molecule has 0 aliphatic heterocycles. The van der Waals surface area contributed by atoms with E-state index in [9.17, 15) is 9.59 Å². The molecule has 1 heterocycles. The minimum atomic E-state index is -0.714. The summed E-state index contributed by atoms with van der Waals surface area (Å²) >= 11 is 0. The predicted octanol–water partition coefficient (Wildman–Crippen LogP) is 2.85. The molecule has 0 aliphatic carbocycles. The summed E-state index contributed by atoms with van der Waals surface area (Å²) in [6.45, 7) is 0. The van der Waals surface area contributed by atoms with Gasteiger partial charge >= 0.3 is 5.97 Å². The highest BCUT2D eigenvalue weighted by Crippen LogP contribution is 2.27. The second kappa shape index (κ2) is 5.78. The number of ether oxygens (including phenoxy) is 1. The lowest BCUT2D eigenvalue weighted by Crippen LogP contribution is -2.18. The van der Waals surface area contributed by atoms with E-state index in [1.165, 1.54) is 13.2 Å². The molecule has 0 spiro atoms. The molecule has 0 atom stereocenters. The number of nitrogens with zero attached hydrogens (tertiary/aromatic N) is 1. The Balaban J connectivity index is 2.33. The van der Waals surface area contributed by atoms with Gasteiger partial charge in [0.15, 0.2) is 0 Å². The Bertz CT molecular complexity index is 1010. The maximum atomic E-state index is 12.1. The zero-order chi connectivity index (χ0) is 16.4. The van der Waals surface area contributed by atoms with Gasteiger partial charge in [-0.15, -0.1) is 0 Å². The molecule has 1 aromatic heterocycles. The summed E-state index contributed by atoms with van der Waals surface area (Å²) in [6, 6.07) is 16.6. The van der Waals surface area contributed by atoms with Crippen molar-refractivity contribution < 1.29 is 9.53 Å². The van der Waals surface area contributed by atoms with Crippen LogP contribution in [0, 0.1) is 11.3 Å². The Morgan fingerprint density at radius 3 is 2.65 bits per heavy atom. The Hall–Kier alpha value is -3.39. The summed E-state index contributed by atoms with van der Waals surface area (Å²) in [5.74, 6) is -0.714. The molecule has 0 radical (unpaired) electrons. The van der Waals surface area contributed by atoms with E-state index in [0.29, 0.717) is 5.69 Å². The first kappa shape index (κ1) is 14.5. The van der Waals surface area contributed by atoms with Gasteiger partial charge in [0.05, 0.1) is 12.7 Å². The highest BCUT2D eigenvalue weighted by atomic mass is 16.5. The fraction of sp³-hybridized carbons (Fsp3) is 0.0556. The molecule has 5 nitrogen and oxygen atoms in total. The molecule has 3 aromatic rings. The van der Waals surface area contributed by atoms with E-state index in [2.05, 4.69) is 9.72 Å². The van der Waals surface area contributed by atoms with Crippen LogP contribution in [0.2, 0.25) is 0 Å². The highest BCUT2D eigenvalue weighted by Gasteiger charge is 2.18. The Morgan fingerprint density at radius 2 is 1.91 bits per heavy atom. The maximum Gasteiger partial charge on any atom is 0.339 e. The fourth-order valence-electron chi connectivity index (χ4n) is 2.55. The van der Waals surface area contributed by atoms with E-state index < -0.39 is 11.5 Å². The number of carbonyl (C=O) groups is 1. The first-order valence-corrected chi connectivity index (χ1v) is 6.89. The lowest BCUT2D eigenvalue weighted by atomic mass is 10.00. The molecule has 0 saturated carbocycles. The second-order valence-electron chi connectivity index (χ2n) is 4.93. The molecule has 0 bridgehead atoms. The third-order valence-corrected chi connectivity index (χ3v) is 3.63. The van der Waals surface area contributed by atoms with Crippen LogP contribution in [0.25, 0.3) is 22.0 Å². The molecule has 112 valence electrons. The summed E-state index contributed by atoms with van der Waals surface area (Å²) in [5.41, 5.74) is 0.335. The smallest absolute Gasteiger partial charge is 0.339 e. The van der Waals surface area contributed by atoms with Crippen molar-refractivity contribution in [2.24, 2.45) is 0 Å². The quantitative estimate of drug-likeness (QED) is 0.738. The number of nitrogens with one attached hydrogen (secondary N) is 1. The standard InChI is InChI=1S/C18H12N2O3/c1-23-18(22)14-9-16(20-17(21)15(14)10-19)13-8-4-6-11-5-2-3-7-12(11)13/h2-9H,1H3,(H,20,21). The summed E-state index contributed by atoms with van der Waals surface area (Å²) in [4.78, 5) is 26.7. The van der Waals surface area contributed by atoms with E-state index >= 15 is 0 Å². The van der Waals surface area contributed by atoms with Crippen LogP contribution in [0.4, 0.5) is 0 Å². The second-order valence-corrected chi connectivity index (χ2v) is 4.93. The van der Waals surface area contributed by atoms with Crippen molar-refractivity contribution in [3.05, 3.63) is 70.0 Å². The summed E-state index contributed by atoms with van der Waals surface area (Å²) < 4.78 is 4.67. The number of hydrogen-bond acceptors (Lipinski definition) is 4. The number of nitriles is 1. The van der Waals surface area contributed by atoms with Gasteiger partial charge < -0.3 is 9.72 Å². The molecule has 0 unspecified atom stereocenters. The number of rotatable bonds is 2. The van der Waals surface area contributed by atoms with Crippen molar-refractivity contribution in [3.63, 3.8) is 0 Å². The van der Waals surface area contributed by atoms with Gasteiger partial charge in [-0.1, -0.05) is 42.5 Å². The minimum Gasteiger partial charge on any atom is -0.465 e. The van der Waals surface area contributed by atoms with Gasteiger partial charge in [-0.25, -0.2) is 4.79 Å². The molecule has 2 aromatic carbocycles. The van der Waals surface area contributed by atoms with E-state index in [0.717, 1.165) is 16.3 Å². The van der Waals surface area contributed by atoms with Crippen molar-refractivity contribution in [1.82, 2.24) is 4.98 Å². The first-order chi connectivity index (χ1) is 11.2. The third kappa shape index (κ3) is 2.47. The van der Waals surface area contributed by atoms with Crippen LogP contribution in [0.15, 0.2) is 53.3 Å². The lowest BCUT2D eigenvalue weighted by Gasteiger charge is -2.09. The molecular weight excluding hydrogens is 292 g/mol. The first-order valence-electron chi connectivity index (χ1n) is 6.89. The molecule has 0 aliphatic rings. The predicted molar refractivity (Wildman–Crippen MR) is 86.1 cm³/mol. The fourth-order valence-corrected chi connectivity index (χ4v) is 2.55. The average molecular weight is 304 g/mol. The van der Waals surface area contributed by atoms with Crippen molar-refractivity contribution in [2.45, 2.75) is 0 Å². The lowest BCUT2D eigenvalue weighted by molar-refractivity contribution is 0.0600. The number of methoxy groups -OCH3 is 1. The van der Waals surface area contributed by atoms with Crippen molar-refractivity contribution >= 4 is 16.7 Å². The van der Waals surface area contributed by atoms with Gasteiger partial charge in [0.25, 0.3) is 5.56 Å². The normalized spacial score (nSPS) is 10.3. The van der Waals surface area contributed by atoms with Gasteiger partial charge in [0, 0.05) is 11.3 Å². The third-order valence-electron chi connectivity index (χ3n) is 3.63. The van der Waals surface area contributed by atoms with Crippen LogP contribution in [-0.4, -0.2) is 18.1 Å². The number of carbonyl (C=O) groups excluding carboxylic acids is 1. The van der Waals surface area contributed by atoms with Gasteiger partial charge in [0.2, 0.25) is 0 Å². The van der Waals surface area contributed by atoms with E-state index in [1.807, 2.05) is 42.5 Å². The average Bonchev–Trinajstić information content (AvgIpc) is 2.59. The largest absolute Gasteiger partial charge is 0.465 e. The number of aromatic amines is 1. The number of aromatic nitrogens is 1. The molecule has 0 amide bonds. The van der Waals surface area contributed by atoms with Gasteiger partial charge in [-0.05, 0) is 16.8 Å². The molecular formula is C18H12N2O3. The molecule has 23 heavy (non-hydrogen) atoms. The zero-order valence-electron chi connectivity index (χ0n) is 12.3. The molecule has 1 N–H and O–H groups in total. The van der Waals surface area contributed by atoms with Gasteiger partial charge in [-0.2, -0.15) is 5.26 Å². The topological polar surface area (TPSA) is 83.0 Å². The van der Waals surface area contributed by atoms with E-state index in [-0.39, 0.29) is 11.1 Å². The Kier molecular flexibility index (Phi) is 3.65. The number of pyridine rings is 1. The number of hydrogen-bond donors (Lipinski definition) is 1. The van der Waals surface area contributed by atoms with Crippen molar-refractivity contribution in [3.8, 4) is 17.3 Å². The van der Waals surface area contributed by atoms with Crippen molar-refractivity contribution in [1.29, 1.82) is 5.26 Å².